The summed E-state index contributed by atoms with van der Waals surface area (Å²) in [6.45, 7) is 1.52. The molecular weight excluding hydrogens is 142 g/mol. The van der Waals surface area contributed by atoms with E-state index in [2.05, 4.69) is 0 Å². The zero-order chi connectivity index (χ0) is 7.90. The smallest absolute Gasteiger partial charge is 0.0878 e. The summed E-state index contributed by atoms with van der Waals surface area (Å²) in [4.78, 5) is 0. The van der Waals surface area contributed by atoms with E-state index in [1.165, 1.54) is 0 Å². The number of methoxy groups -OCH3 is 1. The number of rotatable bonds is 2. The molecule has 1 saturated carbocycles. The highest BCUT2D eigenvalue weighted by Crippen LogP contribution is 2.48. The molecule has 0 radical (unpaired) electrons. The van der Waals surface area contributed by atoms with Gasteiger partial charge in [-0.05, 0) is 6.42 Å². The largest absolute Gasteiger partial charge is 0.378 e. The Balaban J connectivity index is 2.06. The maximum absolute atomic E-state index is 5.65. The fourth-order valence-electron chi connectivity index (χ4n) is 2.34. The van der Waals surface area contributed by atoms with E-state index >= 15 is 0 Å². The van der Waals surface area contributed by atoms with Crippen LogP contribution >= 0.6 is 0 Å². The normalized spacial score (nSPS) is 48.5. The summed E-state index contributed by atoms with van der Waals surface area (Å²) in [6.07, 6.45) is 2.55. The average Bonchev–Trinajstić information content (AvgIpc) is 2.37. The van der Waals surface area contributed by atoms with E-state index in [-0.39, 0.29) is 5.60 Å². The monoisotopic (exact) mass is 157 g/mol. The Morgan fingerprint density at radius 2 is 2.55 bits per heavy atom. The quantitative estimate of drug-likeness (QED) is 0.620. The van der Waals surface area contributed by atoms with Gasteiger partial charge >= 0.3 is 0 Å². The van der Waals surface area contributed by atoms with E-state index in [1.807, 2.05) is 0 Å². The Kier molecular flexibility index (Phi) is 1.67. The Labute approximate surface area is 66.8 Å². The van der Waals surface area contributed by atoms with Crippen molar-refractivity contribution >= 4 is 0 Å². The molecule has 3 nitrogen and oxygen atoms in total. The van der Waals surface area contributed by atoms with Crippen LogP contribution in [0.15, 0.2) is 0 Å². The van der Waals surface area contributed by atoms with Gasteiger partial charge in [0.25, 0.3) is 0 Å². The molecule has 1 unspecified atom stereocenters. The first kappa shape index (κ1) is 7.53. The summed E-state index contributed by atoms with van der Waals surface area (Å²) in [5.74, 6) is 0.567. The predicted octanol–water partition coefficient (Wildman–Crippen LogP) is 0.139. The number of ether oxygens (including phenoxy) is 2. The second-order valence-corrected chi connectivity index (χ2v) is 3.48. The van der Waals surface area contributed by atoms with Crippen molar-refractivity contribution in [2.75, 3.05) is 20.3 Å². The minimum Gasteiger partial charge on any atom is -0.378 e. The summed E-state index contributed by atoms with van der Waals surface area (Å²) in [5, 5.41) is 0. The van der Waals surface area contributed by atoms with Gasteiger partial charge in [-0.15, -0.1) is 0 Å². The maximum Gasteiger partial charge on any atom is 0.0878 e. The summed E-state index contributed by atoms with van der Waals surface area (Å²) in [6, 6.07) is 0. The number of nitrogens with two attached hydrogens (primary N) is 1. The van der Waals surface area contributed by atoms with Crippen LogP contribution < -0.4 is 5.73 Å². The molecule has 0 bridgehead atoms. The highest BCUT2D eigenvalue weighted by molar-refractivity contribution is 5.07. The Hall–Kier alpha value is -0.120. The van der Waals surface area contributed by atoms with Crippen LogP contribution in [-0.4, -0.2) is 32.0 Å². The van der Waals surface area contributed by atoms with Gasteiger partial charge in [0.05, 0.1) is 11.7 Å². The molecule has 11 heavy (non-hydrogen) atoms. The van der Waals surface area contributed by atoms with Gasteiger partial charge in [0.15, 0.2) is 0 Å². The van der Waals surface area contributed by atoms with Gasteiger partial charge in [-0.25, -0.2) is 0 Å². The molecule has 1 heterocycles. The van der Waals surface area contributed by atoms with Crippen molar-refractivity contribution in [3.05, 3.63) is 0 Å². The van der Waals surface area contributed by atoms with Crippen LogP contribution in [0.2, 0.25) is 0 Å². The summed E-state index contributed by atoms with van der Waals surface area (Å²) in [7, 11) is 1.75. The van der Waals surface area contributed by atoms with Gasteiger partial charge in [0.2, 0.25) is 0 Å². The van der Waals surface area contributed by atoms with Gasteiger partial charge in [0.1, 0.15) is 0 Å². The molecule has 3 heteroatoms. The summed E-state index contributed by atoms with van der Waals surface area (Å²) in [5.41, 5.74) is 5.61. The molecule has 3 atom stereocenters. The van der Waals surface area contributed by atoms with E-state index in [0.29, 0.717) is 18.6 Å². The average molecular weight is 157 g/mol. The lowest BCUT2D eigenvalue weighted by Crippen LogP contribution is -2.60. The first-order chi connectivity index (χ1) is 5.32. The van der Waals surface area contributed by atoms with E-state index in [4.69, 9.17) is 15.2 Å². The van der Waals surface area contributed by atoms with Crippen molar-refractivity contribution in [3.8, 4) is 0 Å². The van der Waals surface area contributed by atoms with Crippen LogP contribution in [0.5, 0.6) is 0 Å². The van der Waals surface area contributed by atoms with Crippen LogP contribution in [0.1, 0.15) is 12.8 Å². The second-order valence-electron chi connectivity index (χ2n) is 3.48. The lowest BCUT2D eigenvalue weighted by Gasteiger charge is -2.49. The molecule has 2 aliphatic rings. The molecule has 2 fully saturated rings. The zero-order valence-corrected chi connectivity index (χ0v) is 6.88. The third-order valence-electron chi connectivity index (χ3n) is 3.18. The number of hydrogen-bond donors (Lipinski definition) is 1. The molecular formula is C8H15NO2. The van der Waals surface area contributed by atoms with Gasteiger partial charge in [-0.2, -0.15) is 0 Å². The van der Waals surface area contributed by atoms with Crippen LogP contribution in [0.4, 0.5) is 0 Å². The third kappa shape index (κ3) is 0.849. The van der Waals surface area contributed by atoms with E-state index in [1.54, 1.807) is 7.11 Å². The van der Waals surface area contributed by atoms with Crippen LogP contribution in [0, 0.1) is 5.92 Å². The topological polar surface area (TPSA) is 44.5 Å². The van der Waals surface area contributed by atoms with E-state index < -0.39 is 0 Å². The van der Waals surface area contributed by atoms with Gasteiger partial charge in [-0.1, -0.05) is 0 Å². The minimum atomic E-state index is -0.0405. The molecule has 1 saturated heterocycles. The molecule has 2 N–H and O–H groups in total. The van der Waals surface area contributed by atoms with Crippen molar-refractivity contribution in [2.24, 2.45) is 11.7 Å². The molecule has 0 amide bonds. The Morgan fingerprint density at radius 3 is 3.09 bits per heavy atom. The standard InChI is InChI=1S/C8H15NO2/c1-10-8(5-9)4-7-6(8)2-3-11-7/h6-7H,2-5,9H2,1H3/t6-,7-,8?/m1/s1. The molecule has 2 rings (SSSR count). The lowest BCUT2D eigenvalue weighted by molar-refractivity contribution is -0.165. The molecule has 0 aromatic rings. The molecule has 1 aliphatic heterocycles. The molecule has 1 aliphatic carbocycles. The fourth-order valence-corrected chi connectivity index (χ4v) is 2.34. The highest BCUT2D eigenvalue weighted by atomic mass is 16.5. The van der Waals surface area contributed by atoms with Crippen molar-refractivity contribution < 1.29 is 9.47 Å². The molecule has 0 aromatic heterocycles. The van der Waals surface area contributed by atoms with Crippen molar-refractivity contribution in [2.45, 2.75) is 24.5 Å². The van der Waals surface area contributed by atoms with Gasteiger partial charge < -0.3 is 15.2 Å². The lowest BCUT2D eigenvalue weighted by atomic mass is 9.66. The minimum absolute atomic E-state index is 0.0405. The Morgan fingerprint density at radius 1 is 1.73 bits per heavy atom. The van der Waals surface area contributed by atoms with E-state index in [9.17, 15) is 0 Å². The van der Waals surface area contributed by atoms with E-state index in [0.717, 1.165) is 19.4 Å². The van der Waals surface area contributed by atoms with Crippen molar-refractivity contribution in [1.29, 1.82) is 0 Å². The van der Waals surface area contributed by atoms with Gasteiger partial charge in [-0.3, -0.25) is 0 Å². The van der Waals surface area contributed by atoms with Crippen molar-refractivity contribution in [3.63, 3.8) is 0 Å². The van der Waals surface area contributed by atoms with Crippen LogP contribution in [-0.2, 0) is 9.47 Å². The summed E-state index contributed by atoms with van der Waals surface area (Å²) < 4.78 is 10.9. The predicted molar refractivity (Wildman–Crippen MR) is 41.3 cm³/mol. The first-order valence-electron chi connectivity index (χ1n) is 4.19. The highest BCUT2D eigenvalue weighted by Gasteiger charge is 2.56. The molecule has 0 aromatic carbocycles. The summed E-state index contributed by atoms with van der Waals surface area (Å²) >= 11 is 0. The number of hydrogen-bond acceptors (Lipinski definition) is 3. The second kappa shape index (κ2) is 2.44. The molecule has 0 spiro atoms. The van der Waals surface area contributed by atoms with Crippen LogP contribution in [0.3, 0.4) is 0 Å². The fraction of sp³-hybridized carbons (Fsp3) is 1.00. The van der Waals surface area contributed by atoms with Crippen molar-refractivity contribution in [1.82, 2.24) is 0 Å². The van der Waals surface area contributed by atoms with Gasteiger partial charge in [0, 0.05) is 32.6 Å². The van der Waals surface area contributed by atoms with Crippen LogP contribution in [0.25, 0.3) is 0 Å². The SMILES string of the molecule is COC1(CN)C[C@H]2OCC[C@H]21. The first-order valence-corrected chi connectivity index (χ1v) is 4.19. The Bertz CT molecular complexity index is 156. The maximum atomic E-state index is 5.65. The molecule has 64 valence electrons. The number of fused-ring (bicyclic) bond motifs is 1. The zero-order valence-electron chi connectivity index (χ0n) is 6.88. The third-order valence-corrected chi connectivity index (χ3v) is 3.18.